The van der Waals surface area contributed by atoms with Crippen LogP contribution in [0.1, 0.15) is 52.9 Å². The van der Waals surface area contributed by atoms with Crippen molar-refractivity contribution in [3.05, 3.63) is 0 Å². The number of aliphatic hydroxyl groups excluding tert-OH is 1. The molecule has 0 heterocycles. The Balaban J connectivity index is 2.07. The summed E-state index contributed by atoms with van der Waals surface area (Å²) in [7, 11) is 0. The van der Waals surface area contributed by atoms with Crippen LogP contribution in [0.2, 0.25) is 0 Å². The maximum absolute atomic E-state index is 9.69. The SMILES string of the molecule is CC(C)(C)OC[C@H](O)COC1CCCCC1. The van der Waals surface area contributed by atoms with E-state index in [4.69, 9.17) is 9.47 Å². The number of hydrogen-bond acceptors (Lipinski definition) is 3. The third-order valence-corrected chi connectivity index (χ3v) is 2.79. The van der Waals surface area contributed by atoms with Gasteiger partial charge in [0.2, 0.25) is 0 Å². The Morgan fingerprint density at radius 1 is 1.12 bits per heavy atom. The molecule has 0 spiro atoms. The molecule has 0 aromatic carbocycles. The zero-order valence-corrected chi connectivity index (χ0v) is 10.9. The minimum atomic E-state index is -0.499. The lowest BCUT2D eigenvalue weighted by Gasteiger charge is -2.25. The van der Waals surface area contributed by atoms with Gasteiger partial charge in [0, 0.05) is 0 Å². The van der Waals surface area contributed by atoms with Gasteiger partial charge in [-0.3, -0.25) is 0 Å². The summed E-state index contributed by atoms with van der Waals surface area (Å²) in [6.45, 7) is 6.72. The predicted molar refractivity (Wildman–Crippen MR) is 64.5 cm³/mol. The van der Waals surface area contributed by atoms with Gasteiger partial charge in [-0.05, 0) is 33.6 Å². The average Bonchev–Trinajstić information content (AvgIpc) is 2.24. The van der Waals surface area contributed by atoms with Crippen molar-refractivity contribution < 1.29 is 14.6 Å². The highest BCUT2D eigenvalue weighted by atomic mass is 16.5. The summed E-state index contributed by atoms with van der Waals surface area (Å²) in [6, 6.07) is 0. The van der Waals surface area contributed by atoms with Crippen LogP contribution in [0.5, 0.6) is 0 Å². The van der Waals surface area contributed by atoms with Gasteiger partial charge in [-0.15, -0.1) is 0 Å². The van der Waals surface area contributed by atoms with Crippen LogP contribution < -0.4 is 0 Å². The van der Waals surface area contributed by atoms with E-state index in [1.165, 1.54) is 19.3 Å². The molecule has 96 valence electrons. The fourth-order valence-corrected chi connectivity index (χ4v) is 1.87. The lowest BCUT2D eigenvalue weighted by atomic mass is 9.98. The van der Waals surface area contributed by atoms with Crippen LogP contribution in [0.4, 0.5) is 0 Å². The maximum atomic E-state index is 9.69. The first-order valence-electron chi connectivity index (χ1n) is 6.41. The van der Waals surface area contributed by atoms with Gasteiger partial charge in [0.25, 0.3) is 0 Å². The Labute approximate surface area is 99.1 Å². The topological polar surface area (TPSA) is 38.7 Å². The van der Waals surface area contributed by atoms with E-state index in [9.17, 15) is 5.11 Å². The van der Waals surface area contributed by atoms with E-state index in [0.717, 1.165) is 12.8 Å². The second-order valence-electron chi connectivity index (χ2n) is 5.67. The predicted octanol–water partition coefficient (Wildman–Crippen LogP) is 2.51. The Hall–Kier alpha value is -0.120. The molecule has 0 unspecified atom stereocenters. The van der Waals surface area contributed by atoms with E-state index in [0.29, 0.717) is 19.3 Å². The summed E-state index contributed by atoms with van der Waals surface area (Å²) in [5.41, 5.74) is -0.189. The molecule has 0 aromatic rings. The van der Waals surface area contributed by atoms with Gasteiger partial charge in [-0.2, -0.15) is 0 Å². The highest BCUT2D eigenvalue weighted by Gasteiger charge is 2.17. The second-order valence-corrected chi connectivity index (χ2v) is 5.67. The zero-order valence-electron chi connectivity index (χ0n) is 10.9. The van der Waals surface area contributed by atoms with Crippen molar-refractivity contribution in [1.82, 2.24) is 0 Å². The highest BCUT2D eigenvalue weighted by molar-refractivity contribution is 4.67. The average molecular weight is 230 g/mol. The molecule has 0 bridgehead atoms. The third-order valence-electron chi connectivity index (χ3n) is 2.79. The summed E-state index contributed by atoms with van der Waals surface area (Å²) in [5.74, 6) is 0. The molecule has 0 saturated heterocycles. The van der Waals surface area contributed by atoms with Crippen molar-refractivity contribution in [3.63, 3.8) is 0 Å². The lowest BCUT2D eigenvalue weighted by molar-refractivity contribution is -0.0864. The first-order chi connectivity index (χ1) is 7.47. The minimum Gasteiger partial charge on any atom is -0.388 e. The van der Waals surface area contributed by atoms with Crippen LogP contribution in [0.15, 0.2) is 0 Å². The van der Waals surface area contributed by atoms with Crippen molar-refractivity contribution in [1.29, 1.82) is 0 Å². The lowest BCUT2D eigenvalue weighted by Crippen LogP contribution is -2.31. The number of aliphatic hydroxyl groups is 1. The van der Waals surface area contributed by atoms with Crippen molar-refractivity contribution in [3.8, 4) is 0 Å². The molecule has 3 heteroatoms. The summed E-state index contributed by atoms with van der Waals surface area (Å²) >= 11 is 0. The molecule has 16 heavy (non-hydrogen) atoms. The molecule has 3 nitrogen and oxygen atoms in total. The van der Waals surface area contributed by atoms with Crippen molar-refractivity contribution >= 4 is 0 Å². The smallest absolute Gasteiger partial charge is 0.101 e. The van der Waals surface area contributed by atoms with Gasteiger partial charge >= 0.3 is 0 Å². The van der Waals surface area contributed by atoms with E-state index < -0.39 is 6.10 Å². The fraction of sp³-hybridized carbons (Fsp3) is 1.00. The van der Waals surface area contributed by atoms with Crippen molar-refractivity contribution in [2.75, 3.05) is 13.2 Å². The van der Waals surface area contributed by atoms with Gasteiger partial charge in [-0.1, -0.05) is 19.3 Å². The number of hydrogen-bond donors (Lipinski definition) is 1. The standard InChI is InChI=1S/C13H26O3/c1-13(2,3)16-10-11(14)9-15-12-7-5-4-6-8-12/h11-12,14H,4-10H2,1-3H3/t11-/m1/s1. The molecular formula is C13H26O3. The first-order valence-corrected chi connectivity index (χ1v) is 6.41. The fourth-order valence-electron chi connectivity index (χ4n) is 1.87. The van der Waals surface area contributed by atoms with Gasteiger partial charge in [0.1, 0.15) is 6.10 Å². The Morgan fingerprint density at radius 2 is 1.75 bits per heavy atom. The third kappa shape index (κ3) is 6.46. The summed E-state index contributed by atoms with van der Waals surface area (Å²) in [6.07, 6.45) is 6.01. The molecule has 1 atom stereocenters. The van der Waals surface area contributed by atoms with Gasteiger partial charge < -0.3 is 14.6 Å². The van der Waals surface area contributed by atoms with Crippen LogP contribution in [-0.4, -0.2) is 36.1 Å². The van der Waals surface area contributed by atoms with Gasteiger partial charge in [0.15, 0.2) is 0 Å². The summed E-state index contributed by atoms with van der Waals surface area (Å²) < 4.78 is 11.2. The molecule has 1 saturated carbocycles. The molecular weight excluding hydrogens is 204 g/mol. The molecule has 0 radical (unpaired) electrons. The normalized spacial score (nSPS) is 21.0. The molecule has 1 aliphatic rings. The monoisotopic (exact) mass is 230 g/mol. The molecule has 0 aliphatic heterocycles. The molecule has 1 rings (SSSR count). The van der Waals surface area contributed by atoms with E-state index >= 15 is 0 Å². The maximum Gasteiger partial charge on any atom is 0.101 e. The van der Waals surface area contributed by atoms with E-state index in [2.05, 4.69) is 0 Å². The molecule has 0 aromatic heterocycles. The Bertz CT molecular complexity index is 180. The van der Waals surface area contributed by atoms with Crippen LogP contribution >= 0.6 is 0 Å². The quantitative estimate of drug-likeness (QED) is 0.788. The summed E-state index contributed by atoms with van der Waals surface area (Å²) in [5, 5.41) is 9.69. The Kier molecular flexibility index (Phi) is 5.73. The van der Waals surface area contributed by atoms with E-state index in [-0.39, 0.29) is 5.60 Å². The number of ether oxygens (including phenoxy) is 2. The minimum absolute atomic E-state index is 0.189. The second kappa shape index (κ2) is 6.58. The zero-order chi connectivity index (χ0) is 12.0. The van der Waals surface area contributed by atoms with Crippen LogP contribution in [0.3, 0.4) is 0 Å². The van der Waals surface area contributed by atoms with Crippen LogP contribution in [0.25, 0.3) is 0 Å². The Morgan fingerprint density at radius 3 is 2.31 bits per heavy atom. The van der Waals surface area contributed by atoms with Crippen molar-refractivity contribution in [2.45, 2.75) is 70.7 Å². The molecule has 1 aliphatic carbocycles. The van der Waals surface area contributed by atoms with E-state index in [1.807, 2.05) is 20.8 Å². The van der Waals surface area contributed by atoms with Crippen LogP contribution in [0, 0.1) is 0 Å². The molecule has 1 N–H and O–H groups in total. The highest BCUT2D eigenvalue weighted by Crippen LogP contribution is 2.20. The summed E-state index contributed by atoms with van der Waals surface area (Å²) in [4.78, 5) is 0. The van der Waals surface area contributed by atoms with Crippen molar-refractivity contribution in [2.24, 2.45) is 0 Å². The van der Waals surface area contributed by atoms with Crippen LogP contribution in [-0.2, 0) is 9.47 Å². The number of rotatable bonds is 5. The largest absolute Gasteiger partial charge is 0.388 e. The first kappa shape index (κ1) is 13.9. The van der Waals surface area contributed by atoms with Gasteiger partial charge in [0.05, 0.1) is 24.9 Å². The van der Waals surface area contributed by atoms with Gasteiger partial charge in [-0.25, -0.2) is 0 Å². The molecule has 0 amide bonds. The molecule has 1 fully saturated rings. The van der Waals surface area contributed by atoms with E-state index in [1.54, 1.807) is 0 Å².